The Morgan fingerprint density at radius 3 is 2.08 bits per heavy atom. The molecule has 0 radical (unpaired) electrons. The summed E-state index contributed by atoms with van der Waals surface area (Å²) in [6.07, 6.45) is -1.51. The lowest BCUT2D eigenvalue weighted by Gasteiger charge is -2.35. The second-order valence-electron chi connectivity index (χ2n) is 9.11. The summed E-state index contributed by atoms with van der Waals surface area (Å²) < 4.78 is 11.0. The Labute approximate surface area is 214 Å². The number of fused-ring (bicyclic) bond motifs is 1. The van der Waals surface area contributed by atoms with E-state index < -0.39 is 75.7 Å². The zero-order valence-electron chi connectivity index (χ0n) is 20.0. The first-order valence-corrected chi connectivity index (χ1v) is 11.3. The first-order valence-electron chi connectivity index (χ1n) is 11.3. The number of phenolic OH excluding ortho intramolecular Hbond substituents is 7. The predicted octanol–water partition coefficient (Wildman–Crippen LogP) is 3.35. The van der Waals surface area contributed by atoms with Crippen molar-refractivity contribution >= 4 is 11.9 Å². The molecule has 0 aromatic heterocycles. The van der Waals surface area contributed by atoms with Crippen molar-refractivity contribution in [3.63, 3.8) is 0 Å². The van der Waals surface area contributed by atoms with Crippen LogP contribution in [0.2, 0.25) is 0 Å². The minimum Gasteiger partial charge on any atom is -0.508 e. The van der Waals surface area contributed by atoms with Gasteiger partial charge < -0.3 is 50.3 Å². The lowest BCUT2D eigenvalue weighted by Crippen LogP contribution is -2.26. The van der Waals surface area contributed by atoms with Crippen molar-refractivity contribution in [3.8, 4) is 51.7 Å². The number of aromatic carboxylic acids is 1. The zero-order chi connectivity index (χ0) is 28.0. The molecule has 4 rings (SSSR count). The van der Waals surface area contributed by atoms with E-state index in [1.54, 1.807) is 0 Å². The molecule has 200 valence electrons. The molecule has 3 aromatic carbocycles. The molecule has 1 aliphatic rings. The van der Waals surface area contributed by atoms with Crippen LogP contribution in [-0.2, 0) is 11.2 Å². The second kappa shape index (κ2) is 9.47. The van der Waals surface area contributed by atoms with Crippen molar-refractivity contribution in [1.29, 1.82) is 0 Å². The average molecular weight is 528 g/mol. The summed E-state index contributed by atoms with van der Waals surface area (Å²) in [7, 11) is 0. The van der Waals surface area contributed by atoms with Gasteiger partial charge in [0.2, 0.25) is 5.75 Å². The molecule has 0 fully saturated rings. The molecule has 8 N–H and O–H groups in total. The highest BCUT2D eigenvalue weighted by molar-refractivity contribution is 5.93. The molecule has 2 atom stereocenters. The van der Waals surface area contributed by atoms with Crippen LogP contribution in [0.1, 0.15) is 52.9 Å². The van der Waals surface area contributed by atoms with E-state index in [9.17, 15) is 50.4 Å². The SMILES string of the molecule is CC(C)C(=O)Oc1cc(C(=O)O)c(C2Cc3c(O)cc(O)cc3O[C@H]2c2cc(O)c(O)c(O)c2)c(O)c1O. The highest BCUT2D eigenvalue weighted by atomic mass is 16.5. The Bertz CT molecular complexity index is 1440. The zero-order valence-corrected chi connectivity index (χ0v) is 20.0. The van der Waals surface area contributed by atoms with Gasteiger partial charge in [-0.2, -0.15) is 0 Å². The minimum absolute atomic E-state index is 0.0149. The van der Waals surface area contributed by atoms with Gasteiger partial charge in [-0.05, 0) is 24.6 Å². The lowest BCUT2D eigenvalue weighted by atomic mass is 9.79. The average Bonchev–Trinajstić information content (AvgIpc) is 2.84. The van der Waals surface area contributed by atoms with Gasteiger partial charge in [0.15, 0.2) is 28.7 Å². The fraction of sp³-hybridized carbons (Fsp3) is 0.231. The number of rotatable bonds is 5. The van der Waals surface area contributed by atoms with Crippen molar-refractivity contribution in [2.45, 2.75) is 32.3 Å². The molecule has 12 heteroatoms. The van der Waals surface area contributed by atoms with Gasteiger partial charge in [0.25, 0.3) is 0 Å². The molecule has 0 bridgehead atoms. The van der Waals surface area contributed by atoms with E-state index >= 15 is 0 Å². The maximum atomic E-state index is 12.3. The van der Waals surface area contributed by atoms with Crippen LogP contribution in [0.25, 0.3) is 0 Å². The summed E-state index contributed by atoms with van der Waals surface area (Å²) in [6, 6.07) is 5.15. The van der Waals surface area contributed by atoms with Gasteiger partial charge in [0.1, 0.15) is 23.4 Å². The van der Waals surface area contributed by atoms with E-state index in [-0.39, 0.29) is 34.6 Å². The molecule has 38 heavy (non-hydrogen) atoms. The third-order valence-corrected chi connectivity index (χ3v) is 6.20. The number of carbonyl (C=O) groups is 2. The third kappa shape index (κ3) is 4.47. The van der Waals surface area contributed by atoms with Gasteiger partial charge >= 0.3 is 11.9 Å². The van der Waals surface area contributed by atoms with Gasteiger partial charge in [-0.3, -0.25) is 4.79 Å². The first-order chi connectivity index (χ1) is 17.8. The number of benzene rings is 3. The Balaban J connectivity index is 1.96. The molecule has 1 unspecified atom stereocenters. The highest BCUT2D eigenvalue weighted by Crippen LogP contribution is 2.54. The molecular weight excluding hydrogens is 504 g/mol. The largest absolute Gasteiger partial charge is 0.508 e. The van der Waals surface area contributed by atoms with Gasteiger partial charge in [0, 0.05) is 34.7 Å². The Hall–Kier alpha value is -5.00. The highest BCUT2D eigenvalue weighted by Gasteiger charge is 2.40. The molecular formula is C26H24O12. The van der Waals surface area contributed by atoms with Gasteiger partial charge in [-0.25, -0.2) is 4.79 Å². The summed E-state index contributed by atoms with van der Waals surface area (Å²) in [4.78, 5) is 24.4. The van der Waals surface area contributed by atoms with Crippen LogP contribution >= 0.6 is 0 Å². The van der Waals surface area contributed by atoms with E-state index in [0.29, 0.717) is 0 Å². The van der Waals surface area contributed by atoms with Crippen molar-refractivity contribution in [2.24, 2.45) is 5.92 Å². The van der Waals surface area contributed by atoms with Crippen LogP contribution < -0.4 is 9.47 Å². The van der Waals surface area contributed by atoms with Gasteiger partial charge in [0.05, 0.1) is 11.5 Å². The van der Waals surface area contributed by atoms with Crippen LogP contribution in [0.4, 0.5) is 0 Å². The lowest BCUT2D eigenvalue weighted by molar-refractivity contribution is -0.137. The number of phenols is 7. The van der Waals surface area contributed by atoms with Crippen LogP contribution in [0.5, 0.6) is 51.7 Å². The van der Waals surface area contributed by atoms with Gasteiger partial charge in [-0.15, -0.1) is 0 Å². The van der Waals surface area contributed by atoms with Crippen molar-refractivity contribution in [2.75, 3.05) is 0 Å². The smallest absolute Gasteiger partial charge is 0.336 e. The molecule has 12 nitrogen and oxygen atoms in total. The van der Waals surface area contributed by atoms with E-state index in [4.69, 9.17) is 9.47 Å². The molecule has 0 aliphatic carbocycles. The molecule has 0 saturated carbocycles. The number of aromatic hydroxyl groups is 7. The van der Waals surface area contributed by atoms with Crippen molar-refractivity contribution in [3.05, 3.63) is 52.6 Å². The minimum atomic E-state index is -1.56. The van der Waals surface area contributed by atoms with Crippen LogP contribution in [-0.4, -0.2) is 52.8 Å². The Morgan fingerprint density at radius 2 is 1.50 bits per heavy atom. The van der Waals surface area contributed by atoms with E-state index in [2.05, 4.69) is 0 Å². The first kappa shape index (κ1) is 26.1. The number of hydrogen-bond donors (Lipinski definition) is 8. The van der Waals surface area contributed by atoms with Gasteiger partial charge in [-0.1, -0.05) is 13.8 Å². The number of carboxylic acid groups (broad SMARTS) is 1. The quantitative estimate of drug-likeness (QED) is 0.136. The Kier molecular flexibility index (Phi) is 6.49. The summed E-state index contributed by atoms with van der Waals surface area (Å²) in [5.74, 6) is -9.69. The number of carboxylic acids is 1. The number of esters is 1. The Morgan fingerprint density at radius 1 is 0.868 bits per heavy atom. The topological polar surface area (TPSA) is 214 Å². The number of ether oxygens (including phenoxy) is 2. The summed E-state index contributed by atoms with van der Waals surface area (Å²) in [6.45, 7) is 3.03. The summed E-state index contributed by atoms with van der Waals surface area (Å²) >= 11 is 0. The molecule has 0 spiro atoms. The number of carbonyl (C=O) groups excluding carboxylic acids is 1. The predicted molar refractivity (Wildman–Crippen MR) is 128 cm³/mol. The molecule has 3 aromatic rings. The van der Waals surface area contributed by atoms with E-state index in [1.807, 2.05) is 0 Å². The molecule has 1 heterocycles. The molecule has 0 amide bonds. The summed E-state index contributed by atoms with van der Waals surface area (Å²) in [5.41, 5.74) is -0.794. The molecule has 1 aliphatic heterocycles. The normalized spacial score (nSPS) is 16.5. The second-order valence-corrected chi connectivity index (χ2v) is 9.11. The number of hydrogen-bond acceptors (Lipinski definition) is 11. The van der Waals surface area contributed by atoms with Crippen molar-refractivity contribution < 1.29 is 59.9 Å². The standard InChI is InChI=1S/C26H24O12/c1-9(2)26(36)38-19-8-14(25(34)35)20(23(33)22(19)32)13-7-12-15(28)5-11(27)6-18(12)37-24(13)10-3-16(29)21(31)17(30)4-10/h3-6,8-9,13,24,27-33H,7H2,1-2H3,(H,34,35)/t13?,24-/m0/s1. The fourth-order valence-corrected chi connectivity index (χ4v) is 4.32. The third-order valence-electron chi connectivity index (χ3n) is 6.20. The summed E-state index contributed by atoms with van der Waals surface area (Å²) in [5, 5.41) is 81.9. The van der Waals surface area contributed by atoms with Crippen LogP contribution in [0.3, 0.4) is 0 Å². The molecule has 0 saturated heterocycles. The maximum absolute atomic E-state index is 12.3. The van der Waals surface area contributed by atoms with Crippen LogP contribution in [0.15, 0.2) is 30.3 Å². The van der Waals surface area contributed by atoms with E-state index in [1.165, 1.54) is 19.9 Å². The monoisotopic (exact) mass is 528 g/mol. The van der Waals surface area contributed by atoms with Crippen LogP contribution in [0, 0.1) is 5.92 Å². The van der Waals surface area contributed by atoms with E-state index in [0.717, 1.165) is 24.3 Å². The fourth-order valence-electron chi connectivity index (χ4n) is 4.32. The maximum Gasteiger partial charge on any atom is 0.336 e. The van der Waals surface area contributed by atoms with Crippen molar-refractivity contribution in [1.82, 2.24) is 0 Å².